The first-order valence-electron chi connectivity index (χ1n) is 35.9. The molecule has 3 rings (SSSR count). The van der Waals surface area contributed by atoms with Crippen LogP contribution in [0.3, 0.4) is 0 Å². The minimum Gasteiger partial charge on any atom is -0.465 e. The zero-order chi connectivity index (χ0) is 72.6. The Bertz CT molecular complexity index is 1950. The number of carbonyl (C=O) groups is 6. The van der Waals surface area contributed by atoms with E-state index in [1.54, 1.807) is 0 Å². The summed E-state index contributed by atoms with van der Waals surface area (Å²) in [4.78, 5) is 83.1. The number of nitrogens with zero attached hydrogens (tertiary/aromatic N) is 6. The van der Waals surface area contributed by atoms with Gasteiger partial charge < -0.3 is 57.8 Å². The number of esters is 6. The third kappa shape index (κ3) is 55.3. The molecule has 0 amide bonds. The van der Waals surface area contributed by atoms with Crippen LogP contribution in [0.15, 0.2) is 0 Å². The van der Waals surface area contributed by atoms with E-state index < -0.39 is 0 Å². The number of piperidine rings is 3. The number of likely N-dealkylation sites (tertiary alicyclic amines) is 3. The molecule has 0 aromatic heterocycles. The number of likely N-dealkylation sites (N-methyl/N-ethyl adjacent to an activating group) is 3. The summed E-state index contributed by atoms with van der Waals surface area (Å²) in [6.45, 7) is 69.4. The van der Waals surface area contributed by atoms with Crippen molar-refractivity contribution >= 4 is 35.8 Å². The summed E-state index contributed by atoms with van der Waals surface area (Å²) in [5.41, 5.74) is -0.759. The van der Waals surface area contributed by atoms with Gasteiger partial charge in [0.25, 0.3) is 0 Å². The van der Waals surface area contributed by atoms with E-state index in [-0.39, 0.29) is 80.0 Å². The molecule has 93 heavy (non-hydrogen) atoms. The molecule has 0 bridgehead atoms. The monoisotopic (exact) mass is 1330 g/mol. The Morgan fingerprint density at radius 3 is 1.26 bits per heavy atom. The molecular weight excluding hydrogens is 1180 g/mol. The van der Waals surface area contributed by atoms with Crippen LogP contribution in [0.5, 0.6) is 0 Å². The summed E-state index contributed by atoms with van der Waals surface area (Å²) in [5, 5.41) is 0. The number of ether oxygens (including phenoxy) is 6. The van der Waals surface area contributed by atoms with E-state index in [1.165, 1.54) is 19.4 Å². The molecule has 3 heterocycles. The maximum atomic E-state index is 12.0. The van der Waals surface area contributed by atoms with Crippen LogP contribution in [0, 0.1) is 38.9 Å². The van der Waals surface area contributed by atoms with E-state index in [9.17, 15) is 28.8 Å². The predicted molar refractivity (Wildman–Crippen MR) is 384 cm³/mol. The number of carbonyl (C=O) groups excluding carboxylic acids is 6. The second-order valence-corrected chi connectivity index (χ2v) is 33.2. The van der Waals surface area contributed by atoms with E-state index in [4.69, 9.17) is 28.4 Å². The van der Waals surface area contributed by atoms with Crippen molar-refractivity contribution in [2.45, 2.75) is 274 Å². The van der Waals surface area contributed by atoms with Crippen LogP contribution in [-0.4, -0.2) is 222 Å². The standard InChI is InChI=1S/2C13H25NO2.C13H27NO2.C12H23NO2.2C12H25NO2/c1-10(2)14-8-6-11(7-9-14)12(15)16-13(3,4)5;1-5-14-8-6-7-11(9-14)10-16-12(15)13(2,3)4;1-6-14(7-2)10-11-16-12(15)8-9-13(3,4)5;1-11(2,3)15-10(14)12(4)6-8-13(5)9-7-12;2*1-6-13(5)9-10-15-11(14)7-8-12(2,3)4/h10-11H,6-9H2,1-5H3;11H,5-10H2,1-4H3;6-11H2,1-5H3;6-9H2,1-5H3;2*6-10H2,1-5H3. The number of hydrogen-bond acceptors (Lipinski definition) is 18. The van der Waals surface area contributed by atoms with Gasteiger partial charge in [-0.25, -0.2) is 0 Å². The van der Waals surface area contributed by atoms with E-state index in [1.807, 2.05) is 83.3 Å². The van der Waals surface area contributed by atoms with Crippen molar-refractivity contribution in [2.24, 2.45) is 38.9 Å². The molecule has 0 aromatic carbocycles. The Morgan fingerprint density at radius 1 is 0.527 bits per heavy atom. The smallest absolute Gasteiger partial charge is 0.312 e. The summed E-state index contributed by atoms with van der Waals surface area (Å²) in [5.74, 6) is 0.278. The van der Waals surface area contributed by atoms with Crippen molar-refractivity contribution in [1.29, 1.82) is 0 Å². The second-order valence-electron chi connectivity index (χ2n) is 33.2. The molecule has 0 saturated carbocycles. The molecule has 3 saturated heterocycles. The highest BCUT2D eigenvalue weighted by molar-refractivity contribution is 5.77. The SMILES string of the molecule is CC(C)N1CCC(C(=O)OC(C)(C)C)CC1.CCN(C)CCOC(=O)CCC(C)(C)C.CCN(C)CCOC(=O)CCC(C)(C)C.CCN(CC)CCOC(=O)CCC(C)(C)C.CCN1CCCC(COC(=O)C(C)(C)C)C1.CN1CCC(C)(C(=O)OC(C)(C)C)CC1. The largest absolute Gasteiger partial charge is 0.465 e. The minimum atomic E-state index is -0.376. The van der Waals surface area contributed by atoms with Gasteiger partial charge in [-0.3, -0.25) is 28.8 Å². The van der Waals surface area contributed by atoms with Gasteiger partial charge in [0.2, 0.25) is 0 Å². The van der Waals surface area contributed by atoms with Gasteiger partial charge in [0, 0.05) is 57.4 Å². The van der Waals surface area contributed by atoms with Crippen molar-refractivity contribution < 1.29 is 57.2 Å². The molecule has 0 spiro atoms. The lowest BCUT2D eigenvalue weighted by Crippen LogP contribution is -2.43. The zero-order valence-electron chi connectivity index (χ0n) is 66.0. The first-order valence-corrected chi connectivity index (χ1v) is 35.9. The van der Waals surface area contributed by atoms with Crippen LogP contribution in [-0.2, 0) is 57.2 Å². The Labute approximate surface area is 572 Å². The van der Waals surface area contributed by atoms with Gasteiger partial charge in [-0.05, 0) is 244 Å². The van der Waals surface area contributed by atoms with Crippen molar-refractivity contribution in [3.63, 3.8) is 0 Å². The van der Waals surface area contributed by atoms with Crippen LogP contribution in [0.1, 0.15) is 257 Å². The van der Waals surface area contributed by atoms with Gasteiger partial charge in [-0.2, -0.15) is 0 Å². The van der Waals surface area contributed by atoms with Crippen molar-refractivity contribution in [3.05, 3.63) is 0 Å². The normalized spacial score (nSPS) is 16.9. The minimum absolute atomic E-state index is 0.0177. The van der Waals surface area contributed by atoms with Crippen molar-refractivity contribution in [3.8, 4) is 0 Å². The lowest BCUT2D eigenvalue weighted by atomic mass is 9.80. The van der Waals surface area contributed by atoms with Crippen molar-refractivity contribution in [1.82, 2.24) is 29.4 Å². The third-order valence-corrected chi connectivity index (χ3v) is 16.4. The Balaban J connectivity index is -0.00000105. The van der Waals surface area contributed by atoms with E-state index in [0.29, 0.717) is 57.6 Å². The van der Waals surface area contributed by atoms with Crippen LogP contribution < -0.4 is 0 Å². The van der Waals surface area contributed by atoms with Crippen molar-refractivity contribution in [2.75, 3.05) is 139 Å². The van der Waals surface area contributed by atoms with E-state index in [0.717, 1.165) is 130 Å². The molecule has 0 aromatic rings. The Hall–Kier alpha value is -3.42. The topological polar surface area (TPSA) is 177 Å². The molecule has 552 valence electrons. The summed E-state index contributed by atoms with van der Waals surface area (Å²) >= 11 is 0. The average Bonchev–Trinajstić information content (AvgIpc) is 0.863. The first-order chi connectivity index (χ1) is 42.5. The molecule has 3 fully saturated rings. The first kappa shape index (κ1) is 93.8. The van der Waals surface area contributed by atoms with Gasteiger partial charge in [0.1, 0.15) is 31.0 Å². The maximum absolute atomic E-state index is 12.0. The Morgan fingerprint density at radius 2 is 0.925 bits per heavy atom. The lowest BCUT2D eigenvalue weighted by Gasteiger charge is -2.37. The quantitative estimate of drug-likeness (QED) is 0.0622. The lowest BCUT2D eigenvalue weighted by molar-refractivity contribution is -0.169. The fourth-order valence-corrected chi connectivity index (χ4v) is 9.16. The molecule has 18 nitrogen and oxygen atoms in total. The van der Waals surface area contributed by atoms with Crippen LogP contribution in [0.4, 0.5) is 0 Å². The summed E-state index contributed by atoms with van der Waals surface area (Å²) in [6, 6.07) is 0.583. The third-order valence-electron chi connectivity index (χ3n) is 16.4. The molecule has 1 atom stereocenters. The average molecular weight is 1330 g/mol. The second kappa shape index (κ2) is 47.5. The molecule has 18 heteroatoms. The highest BCUT2D eigenvalue weighted by Gasteiger charge is 2.39. The molecule has 0 aliphatic carbocycles. The van der Waals surface area contributed by atoms with Gasteiger partial charge in [-0.1, -0.05) is 96.9 Å². The molecular formula is C75H150N6O12. The fourth-order valence-electron chi connectivity index (χ4n) is 9.16. The summed E-state index contributed by atoms with van der Waals surface area (Å²) < 4.78 is 31.7. The molecule has 0 radical (unpaired) electrons. The predicted octanol–water partition coefficient (Wildman–Crippen LogP) is 14.1. The summed E-state index contributed by atoms with van der Waals surface area (Å²) in [6.07, 6.45) is 10.3. The van der Waals surface area contributed by atoms with Crippen LogP contribution in [0.2, 0.25) is 0 Å². The van der Waals surface area contributed by atoms with Gasteiger partial charge >= 0.3 is 35.8 Å². The fraction of sp³-hybridized carbons (Fsp3) is 0.920. The maximum Gasteiger partial charge on any atom is 0.312 e. The molecule has 3 aliphatic heterocycles. The summed E-state index contributed by atoms with van der Waals surface area (Å²) in [7, 11) is 6.13. The molecule has 1 unspecified atom stereocenters. The van der Waals surface area contributed by atoms with Gasteiger partial charge in [0.05, 0.1) is 23.4 Å². The molecule has 0 N–H and O–H groups in total. The Kier molecular flexibility index (Phi) is 47.9. The number of rotatable bonds is 25. The highest BCUT2D eigenvalue weighted by atomic mass is 16.6. The number of hydrogen-bond donors (Lipinski definition) is 0. The van der Waals surface area contributed by atoms with Crippen LogP contribution >= 0.6 is 0 Å². The van der Waals surface area contributed by atoms with Gasteiger partial charge in [0.15, 0.2) is 0 Å². The van der Waals surface area contributed by atoms with E-state index >= 15 is 0 Å². The van der Waals surface area contributed by atoms with Gasteiger partial charge in [-0.15, -0.1) is 0 Å². The zero-order valence-corrected chi connectivity index (χ0v) is 66.0. The van der Waals surface area contributed by atoms with Crippen LogP contribution in [0.25, 0.3) is 0 Å². The highest BCUT2D eigenvalue weighted by Crippen LogP contribution is 2.33. The van der Waals surface area contributed by atoms with E-state index in [2.05, 4.69) is 147 Å². The molecule has 3 aliphatic rings.